The van der Waals surface area contributed by atoms with Crippen LogP contribution in [0.5, 0.6) is 0 Å². The molecule has 3 heteroatoms. The lowest BCUT2D eigenvalue weighted by molar-refractivity contribution is 0.0689. The van der Waals surface area contributed by atoms with Crippen molar-refractivity contribution in [2.24, 2.45) is 0 Å². The highest BCUT2D eigenvalue weighted by atomic mass is 16.5. The Balaban J connectivity index is 3.17. The summed E-state index contributed by atoms with van der Waals surface area (Å²) in [4.78, 5) is 0. The molecule has 0 heterocycles. The van der Waals surface area contributed by atoms with Crippen LogP contribution < -0.4 is 0 Å². The smallest absolute Gasteiger partial charge is 0.0766 e. The van der Waals surface area contributed by atoms with E-state index in [-0.39, 0.29) is 6.61 Å². The van der Waals surface area contributed by atoms with Gasteiger partial charge in [-0.25, -0.2) is 0 Å². The average molecular weight is 160 g/mol. The first-order chi connectivity index (χ1) is 5.18. The Labute approximate surface area is 67.3 Å². The van der Waals surface area contributed by atoms with E-state index >= 15 is 0 Å². The molecule has 0 spiro atoms. The van der Waals surface area contributed by atoms with E-state index in [9.17, 15) is 5.11 Å². The molecule has 0 saturated carbocycles. The summed E-state index contributed by atoms with van der Waals surface area (Å²) in [6.45, 7) is 6.21. The van der Waals surface area contributed by atoms with Gasteiger partial charge in [0, 0.05) is 13.0 Å². The lowest BCUT2D eigenvalue weighted by atomic mass is 10.1. The van der Waals surface area contributed by atoms with E-state index < -0.39 is 6.10 Å². The van der Waals surface area contributed by atoms with E-state index in [1.165, 1.54) is 0 Å². The molecule has 0 aliphatic rings. The minimum Gasteiger partial charge on any atom is -0.394 e. The van der Waals surface area contributed by atoms with Gasteiger partial charge in [-0.15, -0.1) is 0 Å². The van der Waals surface area contributed by atoms with Crippen LogP contribution in [0, 0.1) is 0 Å². The van der Waals surface area contributed by atoms with Crippen LogP contribution >= 0.6 is 0 Å². The Kier molecular flexibility index (Phi) is 6.12. The first-order valence-corrected chi connectivity index (χ1v) is 3.70. The molecule has 2 N–H and O–H groups in total. The maximum atomic E-state index is 9.18. The summed E-state index contributed by atoms with van der Waals surface area (Å²) in [5.74, 6) is 0. The molecular formula is C8H16O3. The molecule has 0 saturated heterocycles. The van der Waals surface area contributed by atoms with Gasteiger partial charge in [0.2, 0.25) is 0 Å². The fourth-order valence-electron chi connectivity index (χ4n) is 0.608. The molecule has 3 nitrogen and oxygen atoms in total. The van der Waals surface area contributed by atoms with Crippen molar-refractivity contribution in [1.29, 1.82) is 0 Å². The normalized spacial score (nSPS) is 13.0. The second kappa shape index (κ2) is 6.34. The predicted molar refractivity (Wildman–Crippen MR) is 43.3 cm³/mol. The number of hydrogen-bond donors (Lipinski definition) is 2. The average Bonchev–Trinajstić information content (AvgIpc) is 1.97. The van der Waals surface area contributed by atoms with Crippen molar-refractivity contribution in [2.45, 2.75) is 19.4 Å². The van der Waals surface area contributed by atoms with Gasteiger partial charge in [-0.1, -0.05) is 12.2 Å². The summed E-state index contributed by atoms with van der Waals surface area (Å²) in [5.41, 5.74) is 0.748. The third-order valence-electron chi connectivity index (χ3n) is 1.34. The molecule has 0 rings (SSSR count). The van der Waals surface area contributed by atoms with Crippen molar-refractivity contribution in [1.82, 2.24) is 0 Å². The topological polar surface area (TPSA) is 49.7 Å². The molecule has 0 amide bonds. The van der Waals surface area contributed by atoms with Gasteiger partial charge in [0.25, 0.3) is 0 Å². The molecule has 11 heavy (non-hydrogen) atoms. The summed E-state index contributed by atoms with van der Waals surface area (Å²) in [6, 6.07) is 0. The third-order valence-corrected chi connectivity index (χ3v) is 1.34. The summed E-state index contributed by atoms with van der Waals surface area (Å²) in [5, 5.41) is 17.5. The predicted octanol–water partition coefficient (Wildman–Crippen LogP) is 0.322. The van der Waals surface area contributed by atoms with Gasteiger partial charge in [0.15, 0.2) is 0 Å². The molecule has 0 bridgehead atoms. The Bertz CT molecular complexity index is 112. The van der Waals surface area contributed by atoms with Gasteiger partial charge >= 0.3 is 0 Å². The molecular weight excluding hydrogens is 144 g/mol. The first kappa shape index (κ1) is 10.6. The Hall–Kier alpha value is -0.380. The zero-order valence-corrected chi connectivity index (χ0v) is 6.92. The van der Waals surface area contributed by atoms with Crippen molar-refractivity contribution in [3.8, 4) is 0 Å². The van der Waals surface area contributed by atoms with Gasteiger partial charge in [0.05, 0.1) is 19.3 Å². The standard InChI is InChI=1S/C8H16O3/c1-7(2)8(10)3-5-11-6-4-9/h8-10H,1,3-6H2,2H3. The first-order valence-electron chi connectivity index (χ1n) is 3.70. The molecule has 0 aliphatic carbocycles. The van der Waals surface area contributed by atoms with Gasteiger partial charge in [0.1, 0.15) is 0 Å². The summed E-state index contributed by atoms with van der Waals surface area (Å²) >= 11 is 0. The lowest BCUT2D eigenvalue weighted by Crippen LogP contribution is -2.12. The number of rotatable bonds is 6. The molecule has 1 atom stereocenters. The van der Waals surface area contributed by atoms with E-state index in [1.54, 1.807) is 6.92 Å². The van der Waals surface area contributed by atoms with Crippen molar-refractivity contribution in [3.63, 3.8) is 0 Å². The maximum Gasteiger partial charge on any atom is 0.0766 e. The molecule has 0 aromatic carbocycles. The summed E-state index contributed by atoms with van der Waals surface area (Å²) < 4.78 is 4.95. The molecule has 1 unspecified atom stereocenters. The van der Waals surface area contributed by atoms with E-state index in [2.05, 4.69) is 6.58 Å². The van der Waals surface area contributed by atoms with Crippen LogP contribution in [0.1, 0.15) is 13.3 Å². The van der Waals surface area contributed by atoms with Crippen molar-refractivity contribution in [3.05, 3.63) is 12.2 Å². The zero-order valence-electron chi connectivity index (χ0n) is 6.92. The second-order valence-corrected chi connectivity index (χ2v) is 2.49. The van der Waals surface area contributed by atoms with Crippen LogP contribution in [0.15, 0.2) is 12.2 Å². The lowest BCUT2D eigenvalue weighted by Gasteiger charge is -2.09. The quantitative estimate of drug-likeness (QED) is 0.434. The number of hydrogen-bond acceptors (Lipinski definition) is 3. The second-order valence-electron chi connectivity index (χ2n) is 2.49. The number of aliphatic hydroxyl groups excluding tert-OH is 2. The van der Waals surface area contributed by atoms with E-state index in [1.807, 2.05) is 0 Å². The minimum atomic E-state index is -0.478. The molecule has 0 aromatic rings. The van der Waals surface area contributed by atoms with Crippen LogP contribution in [0.25, 0.3) is 0 Å². The van der Waals surface area contributed by atoms with Gasteiger partial charge in [-0.2, -0.15) is 0 Å². The fourth-order valence-corrected chi connectivity index (χ4v) is 0.608. The van der Waals surface area contributed by atoms with Crippen LogP contribution in [0.4, 0.5) is 0 Å². The molecule has 0 fully saturated rings. The van der Waals surface area contributed by atoms with E-state index in [4.69, 9.17) is 9.84 Å². The number of ether oxygens (including phenoxy) is 1. The van der Waals surface area contributed by atoms with E-state index in [0.717, 1.165) is 5.57 Å². The molecule has 0 aromatic heterocycles. The van der Waals surface area contributed by atoms with Gasteiger partial charge < -0.3 is 14.9 Å². The Morgan fingerprint density at radius 1 is 1.55 bits per heavy atom. The molecule has 66 valence electrons. The molecule has 0 radical (unpaired) electrons. The minimum absolute atomic E-state index is 0.0309. The highest BCUT2D eigenvalue weighted by molar-refractivity contribution is 4.96. The summed E-state index contributed by atoms with van der Waals surface area (Å²) in [6.07, 6.45) is 0.0729. The van der Waals surface area contributed by atoms with E-state index in [0.29, 0.717) is 19.6 Å². The highest BCUT2D eigenvalue weighted by Gasteiger charge is 2.02. The third kappa shape index (κ3) is 6.04. The highest BCUT2D eigenvalue weighted by Crippen LogP contribution is 2.01. The zero-order chi connectivity index (χ0) is 8.69. The van der Waals surface area contributed by atoms with Crippen LogP contribution in [-0.2, 0) is 4.74 Å². The SMILES string of the molecule is C=C(C)C(O)CCOCCO. The number of aliphatic hydroxyl groups is 2. The monoisotopic (exact) mass is 160 g/mol. The van der Waals surface area contributed by atoms with Crippen molar-refractivity contribution >= 4 is 0 Å². The molecule has 0 aliphatic heterocycles. The van der Waals surface area contributed by atoms with Crippen LogP contribution in [0.3, 0.4) is 0 Å². The Morgan fingerprint density at radius 3 is 2.64 bits per heavy atom. The van der Waals surface area contributed by atoms with Crippen LogP contribution in [0.2, 0.25) is 0 Å². The maximum absolute atomic E-state index is 9.18. The van der Waals surface area contributed by atoms with Crippen molar-refractivity contribution < 1.29 is 14.9 Å². The van der Waals surface area contributed by atoms with Gasteiger partial charge in [-0.3, -0.25) is 0 Å². The Morgan fingerprint density at radius 2 is 2.18 bits per heavy atom. The van der Waals surface area contributed by atoms with Crippen molar-refractivity contribution in [2.75, 3.05) is 19.8 Å². The van der Waals surface area contributed by atoms with Gasteiger partial charge in [-0.05, 0) is 6.92 Å². The van der Waals surface area contributed by atoms with Crippen LogP contribution in [-0.4, -0.2) is 36.1 Å². The fraction of sp³-hybridized carbons (Fsp3) is 0.750. The summed E-state index contributed by atoms with van der Waals surface area (Å²) in [7, 11) is 0. The largest absolute Gasteiger partial charge is 0.394 e.